The van der Waals surface area contributed by atoms with Crippen LogP contribution in [0.3, 0.4) is 0 Å². The first kappa shape index (κ1) is 13.3. The first-order chi connectivity index (χ1) is 9.83. The van der Waals surface area contributed by atoms with Crippen LogP contribution in [-0.4, -0.2) is 34.2 Å². The minimum absolute atomic E-state index is 0.363. The van der Waals surface area contributed by atoms with E-state index in [4.69, 9.17) is 4.74 Å². The molecule has 20 heavy (non-hydrogen) atoms. The number of rotatable bonds is 5. The van der Waals surface area contributed by atoms with E-state index < -0.39 is 0 Å². The lowest BCUT2D eigenvalue weighted by Crippen LogP contribution is -2.26. The first-order valence-electron chi connectivity index (χ1n) is 7.12. The van der Waals surface area contributed by atoms with Gasteiger partial charge in [0.15, 0.2) is 0 Å². The molecule has 1 fully saturated rings. The molecular formula is C15H20N4O. The fourth-order valence-corrected chi connectivity index (χ4v) is 2.49. The standard InChI is InChI=1S/C15H20N4O/c1-12-13(7-8-20-12)9-16-10-14-11-17-19(18-14)15-5-3-2-4-6-15/h2-6,11-13,16H,7-10H2,1H3. The van der Waals surface area contributed by atoms with Gasteiger partial charge in [0.25, 0.3) is 0 Å². The number of hydrogen-bond donors (Lipinski definition) is 1. The Hall–Kier alpha value is -1.72. The van der Waals surface area contributed by atoms with Gasteiger partial charge in [0.05, 0.1) is 23.7 Å². The largest absolute Gasteiger partial charge is 0.378 e. The second kappa shape index (κ2) is 6.15. The average Bonchev–Trinajstić information content (AvgIpc) is 3.10. The average molecular weight is 272 g/mol. The predicted molar refractivity (Wildman–Crippen MR) is 76.6 cm³/mol. The first-order valence-corrected chi connectivity index (χ1v) is 7.12. The molecule has 1 aromatic heterocycles. The van der Waals surface area contributed by atoms with Crippen LogP contribution in [0.15, 0.2) is 36.5 Å². The second-order valence-electron chi connectivity index (χ2n) is 5.22. The van der Waals surface area contributed by atoms with Crippen LogP contribution in [0, 0.1) is 5.92 Å². The predicted octanol–water partition coefficient (Wildman–Crippen LogP) is 1.78. The van der Waals surface area contributed by atoms with Gasteiger partial charge in [0.1, 0.15) is 0 Å². The van der Waals surface area contributed by atoms with Crippen molar-refractivity contribution in [1.29, 1.82) is 0 Å². The van der Waals surface area contributed by atoms with Crippen molar-refractivity contribution >= 4 is 0 Å². The van der Waals surface area contributed by atoms with Gasteiger partial charge in [-0.15, -0.1) is 0 Å². The van der Waals surface area contributed by atoms with Gasteiger partial charge in [-0.25, -0.2) is 0 Å². The van der Waals surface area contributed by atoms with E-state index in [0.717, 1.165) is 37.5 Å². The van der Waals surface area contributed by atoms with Crippen LogP contribution in [-0.2, 0) is 11.3 Å². The lowest BCUT2D eigenvalue weighted by Gasteiger charge is -2.13. The summed E-state index contributed by atoms with van der Waals surface area (Å²) in [6.07, 6.45) is 3.32. The molecule has 0 radical (unpaired) electrons. The van der Waals surface area contributed by atoms with E-state index in [1.165, 1.54) is 0 Å². The molecule has 2 aromatic rings. The lowest BCUT2D eigenvalue weighted by molar-refractivity contribution is 0.105. The highest BCUT2D eigenvalue weighted by atomic mass is 16.5. The van der Waals surface area contributed by atoms with Crippen molar-refractivity contribution in [3.63, 3.8) is 0 Å². The normalized spacial score (nSPS) is 22.2. The molecule has 1 saturated heterocycles. The third kappa shape index (κ3) is 3.05. The maximum absolute atomic E-state index is 5.56. The van der Waals surface area contributed by atoms with Gasteiger partial charge >= 0.3 is 0 Å². The molecule has 1 aliphatic heterocycles. The third-order valence-electron chi connectivity index (χ3n) is 3.77. The fraction of sp³-hybridized carbons (Fsp3) is 0.467. The number of para-hydroxylation sites is 1. The molecule has 1 N–H and O–H groups in total. The molecule has 0 amide bonds. The summed E-state index contributed by atoms with van der Waals surface area (Å²) in [7, 11) is 0. The van der Waals surface area contributed by atoms with Crippen LogP contribution < -0.4 is 5.32 Å². The molecule has 2 unspecified atom stereocenters. The number of aromatic nitrogens is 3. The highest BCUT2D eigenvalue weighted by molar-refractivity contribution is 5.28. The summed E-state index contributed by atoms with van der Waals surface area (Å²) in [5.41, 5.74) is 1.94. The maximum Gasteiger partial charge on any atom is 0.0969 e. The van der Waals surface area contributed by atoms with Gasteiger partial charge in [0, 0.05) is 19.7 Å². The summed E-state index contributed by atoms with van der Waals surface area (Å²) in [5.74, 6) is 0.610. The summed E-state index contributed by atoms with van der Waals surface area (Å²) in [6.45, 7) is 4.75. The summed E-state index contributed by atoms with van der Waals surface area (Å²) < 4.78 is 5.56. The van der Waals surface area contributed by atoms with Crippen molar-refractivity contribution < 1.29 is 4.74 Å². The quantitative estimate of drug-likeness (QED) is 0.901. The monoisotopic (exact) mass is 272 g/mol. The van der Waals surface area contributed by atoms with Gasteiger partial charge in [0.2, 0.25) is 0 Å². The number of benzene rings is 1. The Morgan fingerprint density at radius 2 is 2.20 bits per heavy atom. The Labute approximate surface area is 118 Å². The molecule has 2 heterocycles. The fourth-order valence-electron chi connectivity index (χ4n) is 2.49. The van der Waals surface area contributed by atoms with Gasteiger partial charge in [-0.3, -0.25) is 0 Å². The van der Waals surface area contributed by atoms with E-state index in [9.17, 15) is 0 Å². The molecule has 0 spiro atoms. The molecule has 0 aliphatic carbocycles. The highest BCUT2D eigenvalue weighted by Gasteiger charge is 2.23. The van der Waals surface area contributed by atoms with Crippen LogP contribution in [0.25, 0.3) is 5.69 Å². The molecule has 2 atom stereocenters. The Bertz CT molecular complexity index is 540. The van der Waals surface area contributed by atoms with Gasteiger partial charge in [-0.1, -0.05) is 18.2 Å². The van der Waals surface area contributed by atoms with E-state index in [1.54, 1.807) is 4.80 Å². The van der Waals surface area contributed by atoms with Crippen LogP contribution in [0.1, 0.15) is 19.0 Å². The van der Waals surface area contributed by atoms with Crippen molar-refractivity contribution in [3.05, 3.63) is 42.2 Å². The van der Waals surface area contributed by atoms with Crippen molar-refractivity contribution in [3.8, 4) is 5.69 Å². The highest BCUT2D eigenvalue weighted by Crippen LogP contribution is 2.19. The number of ether oxygens (including phenoxy) is 1. The van der Waals surface area contributed by atoms with E-state index in [2.05, 4.69) is 22.4 Å². The molecule has 5 nitrogen and oxygen atoms in total. The Morgan fingerprint density at radius 1 is 1.35 bits per heavy atom. The van der Waals surface area contributed by atoms with Crippen LogP contribution in [0.2, 0.25) is 0 Å². The van der Waals surface area contributed by atoms with Crippen molar-refractivity contribution in [2.45, 2.75) is 26.0 Å². The van der Waals surface area contributed by atoms with E-state index in [-0.39, 0.29) is 0 Å². The Kier molecular flexibility index (Phi) is 4.08. The van der Waals surface area contributed by atoms with Gasteiger partial charge in [-0.05, 0) is 31.4 Å². The smallest absolute Gasteiger partial charge is 0.0969 e. The molecular weight excluding hydrogens is 252 g/mol. The molecule has 3 rings (SSSR count). The molecule has 1 aliphatic rings. The lowest BCUT2D eigenvalue weighted by atomic mass is 10.0. The molecule has 0 bridgehead atoms. The summed E-state index contributed by atoms with van der Waals surface area (Å²) in [6, 6.07) is 9.94. The SMILES string of the molecule is CC1OCCC1CNCc1cnn(-c2ccccc2)n1. The zero-order valence-corrected chi connectivity index (χ0v) is 11.7. The van der Waals surface area contributed by atoms with E-state index >= 15 is 0 Å². The summed E-state index contributed by atoms with van der Waals surface area (Å²) >= 11 is 0. The minimum atomic E-state index is 0.363. The molecule has 0 saturated carbocycles. The number of nitrogens with zero attached hydrogens (tertiary/aromatic N) is 3. The number of nitrogens with one attached hydrogen (secondary N) is 1. The van der Waals surface area contributed by atoms with E-state index in [0.29, 0.717) is 12.0 Å². The zero-order chi connectivity index (χ0) is 13.8. The molecule has 1 aromatic carbocycles. The van der Waals surface area contributed by atoms with Crippen LogP contribution in [0.4, 0.5) is 0 Å². The molecule has 106 valence electrons. The van der Waals surface area contributed by atoms with Crippen molar-refractivity contribution in [2.24, 2.45) is 5.92 Å². The zero-order valence-electron chi connectivity index (χ0n) is 11.7. The Morgan fingerprint density at radius 3 is 2.95 bits per heavy atom. The number of hydrogen-bond acceptors (Lipinski definition) is 4. The summed E-state index contributed by atoms with van der Waals surface area (Å²) in [4.78, 5) is 1.66. The van der Waals surface area contributed by atoms with Crippen molar-refractivity contribution in [2.75, 3.05) is 13.2 Å². The van der Waals surface area contributed by atoms with Crippen molar-refractivity contribution in [1.82, 2.24) is 20.3 Å². The minimum Gasteiger partial charge on any atom is -0.378 e. The van der Waals surface area contributed by atoms with Gasteiger partial charge < -0.3 is 10.1 Å². The van der Waals surface area contributed by atoms with E-state index in [1.807, 2.05) is 36.5 Å². The topological polar surface area (TPSA) is 52.0 Å². The van der Waals surface area contributed by atoms with Gasteiger partial charge in [-0.2, -0.15) is 15.0 Å². The maximum atomic E-state index is 5.56. The third-order valence-corrected chi connectivity index (χ3v) is 3.77. The molecule has 5 heteroatoms. The van der Waals surface area contributed by atoms with Crippen LogP contribution in [0.5, 0.6) is 0 Å². The Balaban J connectivity index is 1.53. The van der Waals surface area contributed by atoms with Crippen LogP contribution >= 0.6 is 0 Å². The second-order valence-corrected chi connectivity index (χ2v) is 5.22. The summed E-state index contributed by atoms with van der Waals surface area (Å²) in [5, 5.41) is 12.2.